The topological polar surface area (TPSA) is 67.3 Å². The molecule has 0 aliphatic carbocycles. The van der Waals surface area contributed by atoms with Gasteiger partial charge in [-0.3, -0.25) is 4.79 Å². The molecule has 1 N–H and O–H groups in total. The second kappa shape index (κ2) is 8.95. The predicted octanol–water partition coefficient (Wildman–Crippen LogP) is 3.86. The summed E-state index contributed by atoms with van der Waals surface area (Å²) in [4.78, 5) is 14.7. The van der Waals surface area contributed by atoms with Crippen molar-refractivity contribution in [2.24, 2.45) is 0 Å². The molecule has 0 saturated carbocycles. The Balaban J connectivity index is 1.43. The van der Waals surface area contributed by atoms with E-state index in [-0.39, 0.29) is 11.9 Å². The number of methoxy groups -OCH3 is 1. The normalized spacial score (nSPS) is 16.2. The lowest BCUT2D eigenvalue weighted by molar-refractivity contribution is 0.0933. The number of para-hydroxylation sites is 1. The summed E-state index contributed by atoms with van der Waals surface area (Å²) in [6.45, 7) is 3.64. The van der Waals surface area contributed by atoms with Gasteiger partial charge in [0.2, 0.25) is 0 Å². The number of nitrogens with zero attached hydrogens (tertiary/aromatic N) is 3. The van der Waals surface area contributed by atoms with E-state index in [1.54, 1.807) is 7.11 Å². The van der Waals surface area contributed by atoms with Gasteiger partial charge < -0.3 is 15.0 Å². The largest absolute Gasteiger partial charge is 0.496 e. The van der Waals surface area contributed by atoms with Gasteiger partial charge in [-0.15, -0.1) is 10.2 Å². The number of nitrogens with one attached hydrogen (secondary N) is 1. The number of anilines is 1. The first-order valence-corrected chi connectivity index (χ1v) is 10.2. The highest BCUT2D eigenvalue weighted by Crippen LogP contribution is 2.28. The molecule has 2 heterocycles. The van der Waals surface area contributed by atoms with Crippen molar-refractivity contribution < 1.29 is 9.53 Å². The average Bonchev–Trinajstić information content (AvgIpc) is 2.80. The number of hydrogen-bond acceptors (Lipinski definition) is 5. The van der Waals surface area contributed by atoms with Crippen molar-refractivity contribution in [2.75, 3.05) is 25.1 Å². The quantitative estimate of drug-likeness (QED) is 0.702. The van der Waals surface area contributed by atoms with Crippen LogP contribution in [-0.4, -0.2) is 42.3 Å². The van der Waals surface area contributed by atoms with Gasteiger partial charge in [0.1, 0.15) is 5.75 Å². The Hall–Kier alpha value is -3.41. The monoisotopic (exact) mass is 402 g/mol. The van der Waals surface area contributed by atoms with E-state index in [4.69, 9.17) is 4.74 Å². The first-order valence-electron chi connectivity index (χ1n) is 10.2. The molecule has 1 amide bonds. The molecule has 0 spiro atoms. The minimum absolute atomic E-state index is 0.0283. The molecule has 2 aromatic carbocycles. The van der Waals surface area contributed by atoms with Gasteiger partial charge >= 0.3 is 0 Å². The summed E-state index contributed by atoms with van der Waals surface area (Å²) in [5, 5.41) is 12.0. The molecule has 30 heavy (non-hydrogen) atoms. The van der Waals surface area contributed by atoms with Gasteiger partial charge in [0.25, 0.3) is 5.91 Å². The lowest BCUT2D eigenvalue weighted by Gasteiger charge is -2.33. The molecule has 6 nitrogen and oxygen atoms in total. The number of amides is 1. The number of benzene rings is 2. The van der Waals surface area contributed by atoms with Crippen LogP contribution in [0.15, 0.2) is 60.7 Å². The fourth-order valence-electron chi connectivity index (χ4n) is 3.77. The number of aromatic nitrogens is 2. The third-order valence-electron chi connectivity index (χ3n) is 5.43. The van der Waals surface area contributed by atoms with E-state index in [9.17, 15) is 4.79 Å². The molecule has 1 fully saturated rings. The minimum Gasteiger partial charge on any atom is -0.496 e. The van der Waals surface area contributed by atoms with Gasteiger partial charge in [-0.1, -0.05) is 29.8 Å². The molecule has 1 aliphatic rings. The summed E-state index contributed by atoms with van der Waals surface area (Å²) in [7, 11) is 1.65. The highest BCUT2D eigenvalue weighted by Gasteiger charge is 2.23. The van der Waals surface area contributed by atoms with Crippen LogP contribution in [-0.2, 0) is 0 Å². The summed E-state index contributed by atoms with van der Waals surface area (Å²) in [6, 6.07) is 19.5. The molecule has 1 aliphatic heterocycles. The molecule has 1 atom stereocenters. The average molecular weight is 402 g/mol. The maximum absolute atomic E-state index is 12.6. The van der Waals surface area contributed by atoms with Crippen LogP contribution >= 0.6 is 0 Å². The van der Waals surface area contributed by atoms with E-state index in [1.807, 2.05) is 67.6 Å². The van der Waals surface area contributed by atoms with Crippen LogP contribution in [0.2, 0.25) is 0 Å². The Morgan fingerprint density at radius 2 is 1.87 bits per heavy atom. The van der Waals surface area contributed by atoms with E-state index in [0.29, 0.717) is 5.56 Å². The standard InChI is InChI=1S/C24H26N4O2/c1-17-9-11-18(12-10-17)24(29)25-19-6-5-15-28(16-19)23-14-13-21(26-27-23)20-7-3-4-8-22(20)30-2/h3-4,7-14,19H,5-6,15-16H2,1-2H3,(H,25,29). The summed E-state index contributed by atoms with van der Waals surface area (Å²) < 4.78 is 5.42. The smallest absolute Gasteiger partial charge is 0.251 e. The second-order valence-corrected chi connectivity index (χ2v) is 7.60. The molecule has 1 unspecified atom stereocenters. The molecular formula is C24H26N4O2. The molecule has 4 rings (SSSR count). The number of ether oxygens (including phenoxy) is 1. The van der Waals surface area contributed by atoms with Gasteiger partial charge in [-0.05, 0) is 56.2 Å². The van der Waals surface area contributed by atoms with E-state index < -0.39 is 0 Å². The highest BCUT2D eigenvalue weighted by molar-refractivity contribution is 5.94. The van der Waals surface area contributed by atoms with Gasteiger partial charge in [0.05, 0.1) is 12.8 Å². The lowest BCUT2D eigenvalue weighted by atomic mass is 10.0. The van der Waals surface area contributed by atoms with E-state index >= 15 is 0 Å². The molecule has 0 bridgehead atoms. The van der Waals surface area contributed by atoms with Crippen LogP contribution in [0.25, 0.3) is 11.3 Å². The predicted molar refractivity (Wildman–Crippen MR) is 118 cm³/mol. The molecular weight excluding hydrogens is 376 g/mol. The van der Waals surface area contributed by atoms with Crippen LogP contribution in [0.4, 0.5) is 5.82 Å². The molecule has 154 valence electrons. The van der Waals surface area contributed by atoms with Crippen molar-refractivity contribution in [3.05, 3.63) is 71.8 Å². The number of carbonyl (C=O) groups excluding carboxylic acids is 1. The number of piperidine rings is 1. The minimum atomic E-state index is -0.0283. The first-order chi connectivity index (χ1) is 14.6. The SMILES string of the molecule is COc1ccccc1-c1ccc(N2CCCC(NC(=O)c3ccc(C)cc3)C2)nn1. The van der Waals surface area contributed by atoms with Gasteiger partial charge in [-0.25, -0.2) is 0 Å². The summed E-state index contributed by atoms with van der Waals surface area (Å²) in [5.74, 6) is 1.57. The van der Waals surface area contributed by atoms with Crippen molar-refractivity contribution in [2.45, 2.75) is 25.8 Å². The van der Waals surface area contributed by atoms with Crippen molar-refractivity contribution in [3.8, 4) is 17.0 Å². The van der Waals surface area contributed by atoms with Gasteiger partial charge in [0, 0.05) is 30.3 Å². The molecule has 6 heteroatoms. The molecule has 3 aromatic rings. The Bertz CT molecular complexity index is 1000. The van der Waals surface area contributed by atoms with Crippen LogP contribution in [0.5, 0.6) is 5.75 Å². The maximum Gasteiger partial charge on any atom is 0.251 e. The van der Waals surface area contributed by atoms with E-state index in [0.717, 1.165) is 54.3 Å². The van der Waals surface area contributed by atoms with Crippen LogP contribution in [0, 0.1) is 6.92 Å². The fourth-order valence-corrected chi connectivity index (χ4v) is 3.77. The van der Waals surface area contributed by atoms with E-state index in [2.05, 4.69) is 20.4 Å². The Morgan fingerprint density at radius 1 is 1.07 bits per heavy atom. The number of hydrogen-bond donors (Lipinski definition) is 1. The second-order valence-electron chi connectivity index (χ2n) is 7.60. The van der Waals surface area contributed by atoms with Crippen molar-refractivity contribution in [1.29, 1.82) is 0 Å². The fraction of sp³-hybridized carbons (Fsp3) is 0.292. The summed E-state index contributed by atoms with van der Waals surface area (Å²) >= 11 is 0. The van der Waals surface area contributed by atoms with Crippen LogP contribution in [0.1, 0.15) is 28.8 Å². The highest BCUT2D eigenvalue weighted by atomic mass is 16.5. The van der Waals surface area contributed by atoms with Gasteiger partial charge in [-0.2, -0.15) is 0 Å². The summed E-state index contributed by atoms with van der Waals surface area (Å²) in [5.41, 5.74) is 3.53. The van der Waals surface area contributed by atoms with Crippen molar-refractivity contribution >= 4 is 11.7 Å². The van der Waals surface area contributed by atoms with Crippen molar-refractivity contribution in [3.63, 3.8) is 0 Å². The van der Waals surface area contributed by atoms with Crippen LogP contribution < -0.4 is 15.0 Å². The number of carbonyl (C=O) groups is 1. The van der Waals surface area contributed by atoms with Crippen LogP contribution in [0.3, 0.4) is 0 Å². The Morgan fingerprint density at radius 3 is 2.60 bits per heavy atom. The number of aryl methyl sites for hydroxylation is 1. The van der Waals surface area contributed by atoms with Crippen molar-refractivity contribution in [1.82, 2.24) is 15.5 Å². The zero-order valence-electron chi connectivity index (χ0n) is 17.3. The molecule has 0 radical (unpaired) electrons. The van der Waals surface area contributed by atoms with Gasteiger partial charge in [0.15, 0.2) is 5.82 Å². The Labute approximate surface area is 176 Å². The zero-order valence-corrected chi connectivity index (χ0v) is 17.3. The Kier molecular flexibility index (Phi) is 5.93. The lowest BCUT2D eigenvalue weighted by Crippen LogP contribution is -2.48. The first kappa shape index (κ1) is 19.9. The number of rotatable bonds is 5. The molecule has 1 saturated heterocycles. The molecule has 1 aromatic heterocycles. The zero-order chi connectivity index (χ0) is 20.9. The maximum atomic E-state index is 12.6. The van der Waals surface area contributed by atoms with E-state index in [1.165, 1.54) is 0 Å². The third-order valence-corrected chi connectivity index (χ3v) is 5.43. The third kappa shape index (κ3) is 4.43. The summed E-state index contributed by atoms with van der Waals surface area (Å²) in [6.07, 6.45) is 1.95.